The second kappa shape index (κ2) is 5.59. The molecule has 1 N–H and O–H groups in total. The number of nitrogens with zero attached hydrogens (tertiary/aromatic N) is 2. The average molecular weight is 259 g/mol. The lowest BCUT2D eigenvalue weighted by atomic mass is 9.90. The van der Waals surface area contributed by atoms with Gasteiger partial charge in [0.1, 0.15) is 0 Å². The second-order valence-corrected chi connectivity index (χ2v) is 5.62. The molecule has 2 atom stereocenters. The molecule has 1 aromatic rings. The van der Waals surface area contributed by atoms with Crippen LogP contribution < -0.4 is 0 Å². The molecule has 1 aliphatic heterocycles. The predicted octanol–water partition coefficient (Wildman–Crippen LogP) is 2.47. The largest absolute Gasteiger partial charge is 0.342 e. The third kappa shape index (κ3) is 2.72. The second-order valence-electron chi connectivity index (χ2n) is 5.62. The first-order valence-electron chi connectivity index (χ1n) is 7.27. The molecule has 2 aliphatic rings. The van der Waals surface area contributed by atoms with E-state index in [2.05, 4.69) is 27.2 Å². The van der Waals surface area contributed by atoms with Crippen LogP contribution >= 0.6 is 0 Å². The average Bonchev–Trinajstić information content (AvgIpc) is 3.02. The highest BCUT2D eigenvalue weighted by atomic mass is 16.2. The van der Waals surface area contributed by atoms with Crippen LogP contribution in [0.1, 0.15) is 43.7 Å². The van der Waals surface area contributed by atoms with E-state index < -0.39 is 0 Å². The van der Waals surface area contributed by atoms with E-state index in [1.807, 2.05) is 6.07 Å². The van der Waals surface area contributed by atoms with Gasteiger partial charge in [0.25, 0.3) is 0 Å². The Morgan fingerprint density at radius 2 is 2.32 bits per heavy atom. The zero-order valence-corrected chi connectivity index (χ0v) is 11.2. The molecule has 0 saturated carbocycles. The van der Waals surface area contributed by atoms with Gasteiger partial charge in [-0.15, -0.1) is 0 Å². The van der Waals surface area contributed by atoms with Gasteiger partial charge in [0.2, 0.25) is 5.91 Å². The summed E-state index contributed by atoms with van der Waals surface area (Å²) in [5.74, 6) is 0.999. The number of hydrogen-bond donors (Lipinski definition) is 1. The van der Waals surface area contributed by atoms with Crippen molar-refractivity contribution in [1.82, 2.24) is 15.1 Å². The molecule has 4 heteroatoms. The van der Waals surface area contributed by atoms with E-state index in [9.17, 15) is 4.79 Å². The van der Waals surface area contributed by atoms with Crippen molar-refractivity contribution in [2.24, 2.45) is 5.92 Å². The maximum Gasteiger partial charge on any atom is 0.226 e. The van der Waals surface area contributed by atoms with Crippen LogP contribution in [0.15, 0.2) is 24.4 Å². The van der Waals surface area contributed by atoms with E-state index in [0.29, 0.717) is 11.8 Å². The SMILES string of the molecule is O=C([C@H]1CC=CCC1)N1CCC[C@@H](c2ccn[nH]2)C1. The van der Waals surface area contributed by atoms with Gasteiger partial charge >= 0.3 is 0 Å². The topological polar surface area (TPSA) is 49.0 Å². The number of carbonyl (C=O) groups is 1. The number of aromatic amines is 1. The third-order valence-electron chi connectivity index (χ3n) is 4.31. The Bertz CT molecular complexity index is 452. The first kappa shape index (κ1) is 12.5. The summed E-state index contributed by atoms with van der Waals surface area (Å²) in [7, 11) is 0. The first-order chi connectivity index (χ1) is 9.34. The van der Waals surface area contributed by atoms with Crippen molar-refractivity contribution in [3.05, 3.63) is 30.1 Å². The van der Waals surface area contributed by atoms with Crippen molar-refractivity contribution >= 4 is 5.91 Å². The minimum atomic E-state index is 0.213. The fourth-order valence-electron chi connectivity index (χ4n) is 3.20. The summed E-state index contributed by atoms with van der Waals surface area (Å²) in [6.45, 7) is 1.77. The molecule has 1 fully saturated rings. The Morgan fingerprint density at radius 1 is 1.37 bits per heavy atom. The zero-order chi connectivity index (χ0) is 13.1. The molecule has 1 amide bonds. The molecule has 1 saturated heterocycles. The summed E-state index contributed by atoms with van der Waals surface area (Å²) in [6.07, 6.45) is 11.4. The molecule has 0 radical (unpaired) electrons. The van der Waals surface area contributed by atoms with Gasteiger partial charge in [0.15, 0.2) is 0 Å². The lowest BCUT2D eigenvalue weighted by molar-refractivity contribution is -0.137. The molecule has 19 heavy (non-hydrogen) atoms. The van der Waals surface area contributed by atoms with E-state index in [1.165, 1.54) is 5.69 Å². The number of allylic oxidation sites excluding steroid dienone is 2. The first-order valence-corrected chi connectivity index (χ1v) is 7.27. The Kier molecular flexibility index (Phi) is 3.67. The highest BCUT2D eigenvalue weighted by Crippen LogP contribution is 2.28. The molecule has 2 heterocycles. The van der Waals surface area contributed by atoms with Crippen molar-refractivity contribution in [2.75, 3.05) is 13.1 Å². The van der Waals surface area contributed by atoms with Crippen LogP contribution in [-0.2, 0) is 4.79 Å². The van der Waals surface area contributed by atoms with Gasteiger partial charge in [-0.1, -0.05) is 12.2 Å². The summed E-state index contributed by atoms with van der Waals surface area (Å²) in [6, 6.07) is 2.03. The van der Waals surface area contributed by atoms with E-state index >= 15 is 0 Å². The van der Waals surface area contributed by atoms with Crippen molar-refractivity contribution in [2.45, 2.75) is 38.0 Å². The van der Waals surface area contributed by atoms with E-state index in [0.717, 1.165) is 45.2 Å². The summed E-state index contributed by atoms with van der Waals surface area (Å²) >= 11 is 0. The van der Waals surface area contributed by atoms with Gasteiger partial charge in [-0.25, -0.2) is 0 Å². The van der Waals surface area contributed by atoms with Gasteiger partial charge in [-0.2, -0.15) is 5.10 Å². The minimum Gasteiger partial charge on any atom is -0.342 e. The predicted molar refractivity (Wildman–Crippen MR) is 73.6 cm³/mol. The van der Waals surface area contributed by atoms with Crippen LogP contribution in [0.5, 0.6) is 0 Å². The molecule has 1 aliphatic carbocycles. The monoisotopic (exact) mass is 259 g/mol. The number of nitrogens with one attached hydrogen (secondary N) is 1. The lowest BCUT2D eigenvalue weighted by Gasteiger charge is -2.35. The standard InChI is InChI=1S/C15H21N3O/c19-15(12-5-2-1-3-6-12)18-10-4-7-13(11-18)14-8-9-16-17-14/h1-2,8-9,12-13H,3-7,10-11H2,(H,16,17)/t12-,13+/m0/s1. The fourth-order valence-corrected chi connectivity index (χ4v) is 3.20. The Balaban J connectivity index is 1.64. The number of likely N-dealkylation sites (tertiary alicyclic amines) is 1. The Morgan fingerprint density at radius 3 is 3.05 bits per heavy atom. The van der Waals surface area contributed by atoms with Crippen molar-refractivity contribution in [3.63, 3.8) is 0 Å². The quantitative estimate of drug-likeness (QED) is 0.829. The number of rotatable bonds is 2. The number of piperidine rings is 1. The molecular formula is C15H21N3O. The van der Waals surface area contributed by atoms with Crippen LogP contribution in [0.25, 0.3) is 0 Å². The van der Waals surface area contributed by atoms with Crippen molar-refractivity contribution in [3.8, 4) is 0 Å². The van der Waals surface area contributed by atoms with Crippen LogP contribution in [0.4, 0.5) is 0 Å². The molecule has 4 nitrogen and oxygen atoms in total. The normalized spacial score (nSPS) is 27.5. The van der Waals surface area contributed by atoms with Crippen LogP contribution in [0.2, 0.25) is 0 Å². The number of hydrogen-bond acceptors (Lipinski definition) is 2. The van der Waals surface area contributed by atoms with E-state index in [1.54, 1.807) is 6.20 Å². The fraction of sp³-hybridized carbons (Fsp3) is 0.600. The highest BCUT2D eigenvalue weighted by molar-refractivity contribution is 5.79. The summed E-state index contributed by atoms with van der Waals surface area (Å²) in [5, 5.41) is 7.07. The maximum absolute atomic E-state index is 12.5. The van der Waals surface area contributed by atoms with E-state index in [4.69, 9.17) is 0 Å². The molecule has 102 valence electrons. The number of H-pyrrole nitrogens is 1. The van der Waals surface area contributed by atoms with Crippen molar-refractivity contribution in [1.29, 1.82) is 0 Å². The molecule has 0 aromatic carbocycles. The smallest absolute Gasteiger partial charge is 0.226 e. The summed E-state index contributed by atoms with van der Waals surface area (Å²) in [5.41, 5.74) is 1.17. The Labute approximate surface area is 113 Å². The van der Waals surface area contributed by atoms with Crippen LogP contribution in [-0.4, -0.2) is 34.1 Å². The third-order valence-corrected chi connectivity index (χ3v) is 4.31. The number of carbonyl (C=O) groups excluding carboxylic acids is 1. The molecule has 0 bridgehead atoms. The molecular weight excluding hydrogens is 238 g/mol. The number of aromatic nitrogens is 2. The summed E-state index contributed by atoms with van der Waals surface area (Å²) < 4.78 is 0. The molecule has 0 spiro atoms. The highest BCUT2D eigenvalue weighted by Gasteiger charge is 2.29. The van der Waals surface area contributed by atoms with E-state index in [-0.39, 0.29) is 5.92 Å². The maximum atomic E-state index is 12.5. The molecule has 0 unspecified atom stereocenters. The van der Waals surface area contributed by atoms with Gasteiger partial charge in [0, 0.05) is 36.8 Å². The van der Waals surface area contributed by atoms with Gasteiger partial charge in [-0.05, 0) is 38.2 Å². The zero-order valence-electron chi connectivity index (χ0n) is 11.2. The molecule has 3 rings (SSSR count). The minimum absolute atomic E-state index is 0.213. The Hall–Kier alpha value is -1.58. The van der Waals surface area contributed by atoms with Crippen molar-refractivity contribution < 1.29 is 4.79 Å². The van der Waals surface area contributed by atoms with Gasteiger partial charge < -0.3 is 4.90 Å². The van der Waals surface area contributed by atoms with Crippen LogP contribution in [0, 0.1) is 5.92 Å². The van der Waals surface area contributed by atoms with Gasteiger partial charge in [-0.3, -0.25) is 9.89 Å². The van der Waals surface area contributed by atoms with Crippen LogP contribution in [0.3, 0.4) is 0 Å². The van der Waals surface area contributed by atoms with Gasteiger partial charge in [0.05, 0.1) is 0 Å². The lowest BCUT2D eigenvalue weighted by Crippen LogP contribution is -2.42. The molecule has 1 aromatic heterocycles. The number of amides is 1. The summed E-state index contributed by atoms with van der Waals surface area (Å²) in [4.78, 5) is 14.6.